The molecule has 2 heteroatoms. The van der Waals surface area contributed by atoms with Gasteiger partial charge in [0.05, 0.1) is 5.69 Å². The average Bonchev–Trinajstić information content (AvgIpc) is 2.37. The SMILES string of the molecule is CCCC(C)(C)c1ccon1. The van der Waals surface area contributed by atoms with Crippen molar-refractivity contribution in [2.24, 2.45) is 0 Å². The van der Waals surface area contributed by atoms with Gasteiger partial charge in [-0.1, -0.05) is 32.3 Å². The van der Waals surface area contributed by atoms with E-state index in [0.717, 1.165) is 12.1 Å². The molecule has 0 radical (unpaired) electrons. The first-order chi connectivity index (χ1) is 5.17. The Morgan fingerprint density at radius 3 is 2.73 bits per heavy atom. The maximum atomic E-state index is 4.80. The van der Waals surface area contributed by atoms with Gasteiger partial charge in [0.15, 0.2) is 0 Å². The van der Waals surface area contributed by atoms with Crippen molar-refractivity contribution in [3.05, 3.63) is 18.0 Å². The summed E-state index contributed by atoms with van der Waals surface area (Å²) < 4.78 is 4.80. The van der Waals surface area contributed by atoms with E-state index in [4.69, 9.17) is 4.52 Å². The zero-order chi connectivity index (χ0) is 8.32. The van der Waals surface area contributed by atoms with E-state index in [9.17, 15) is 0 Å². The number of nitrogens with zero attached hydrogens (tertiary/aromatic N) is 1. The molecule has 62 valence electrons. The highest BCUT2D eigenvalue weighted by atomic mass is 16.5. The Bertz CT molecular complexity index is 201. The summed E-state index contributed by atoms with van der Waals surface area (Å²) in [7, 11) is 0. The van der Waals surface area contributed by atoms with Crippen LogP contribution in [-0.4, -0.2) is 5.16 Å². The number of hydrogen-bond donors (Lipinski definition) is 0. The van der Waals surface area contributed by atoms with Crippen LogP contribution < -0.4 is 0 Å². The topological polar surface area (TPSA) is 26.0 Å². The second kappa shape index (κ2) is 3.07. The smallest absolute Gasteiger partial charge is 0.124 e. The van der Waals surface area contributed by atoms with Crippen LogP contribution in [0.4, 0.5) is 0 Å². The van der Waals surface area contributed by atoms with E-state index in [2.05, 4.69) is 25.9 Å². The monoisotopic (exact) mass is 153 g/mol. The van der Waals surface area contributed by atoms with Crippen LogP contribution in [-0.2, 0) is 5.41 Å². The van der Waals surface area contributed by atoms with E-state index in [1.165, 1.54) is 6.42 Å². The van der Waals surface area contributed by atoms with Crippen LogP contribution >= 0.6 is 0 Å². The molecule has 2 nitrogen and oxygen atoms in total. The van der Waals surface area contributed by atoms with Crippen LogP contribution in [0.1, 0.15) is 39.3 Å². The van der Waals surface area contributed by atoms with Crippen molar-refractivity contribution in [2.75, 3.05) is 0 Å². The van der Waals surface area contributed by atoms with Gasteiger partial charge in [0.25, 0.3) is 0 Å². The maximum Gasteiger partial charge on any atom is 0.124 e. The lowest BCUT2D eigenvalue weighted by Crippen LogP contribution is -2.16. The Morgan fingerprint density at radius 2 is 2.27 bits per heavy atom. The maximum absolute atomic E-state index is 4.80. The van der Waals surface area contributed by atoms with Crippen molar-refractivity contribution < 1.29 is 4.52 Å². The highest BCUT2D eigenvalue weighted by Crippen LogP contribution is 2.26. The predicted molar refractivity (Wildman–Crippen MR) is 44.4 cm³/mol. The minimum absolute atomic E-state index is 0.168. The third-order valence-electron chi connectivity index (χ3n) is 2.01. The van der Waals surface area contributed by atoms with Crippen molar-refractivity contribution in [2.45, 2.75) is 39.0 Å². The Kier molecular flexibility index (Phi) is 2.32. The van der Waals surface area contributed by atoms with E-state index in [1.54, 1.807) is 6.26 Å². The minimum Gasteiger partial charge on any atom is -0.364 e. The molecule has 0 aliphatic heterocycles. The van der Waals surface area contributed by atoms with Gasteiger partial charge in [0, 0.05) is 11.5 Å². The number of hydrogen-bond acceptors (Lipinski definition) is 2. The zero-order valence-corrected chi connectivity index (χ0v) is 7.42. The second-order valence-corrected chi connectivity index (χ2v) is 3.52. The van der Waals surface area contributed by atoms with Crippen LogP contribution in [0.15, 0.2) is 16.9 Å². The van der Waals surface area contributed by atoms with Crippen LogP contribution in [0.2, 0.25) is 0 Å². The minimum atomic E-state index is 0.168. The van der Waals surface area contributed by atoms with E-state index < -0.39 is 0 Å². The third kappa shape index (κ3) is 1.82. The molecule has 0 N–H and O–H groups in total. The largest absolute Gasteiger partial charge is 0.364 e. The first-order valence-electron chi connectivity index (χ1n) is 4.07. The van der Waals surface area contributed by atoms with Gasteiger partial charge in [-0.15, -0.1) is 0 Å². The molecule has 0 aromatic carbocycles. The lowest BCUT2D eigenvalue weighted by molar-refractivity contribution is 0.374. The quantitative estimate of drug-likeness (QED) is 0.667. The summed E-state index contributed by atoms with van der Waals surface area (Å²) in [5.41, 5.74) is 1.22. The number of rotatable bonds is 3. The van der Waals surface area contributed by atoms with Crippen LogP contribution in [0.25, 0.3) is 0 Å². The van der Waals surface area contributed by atoms with Gasteiger partial charge in [0.1, 0.15) is 6.26 Å². The Balaban J connectivity index is 2.73. The fourth-order valence-electron chi connectivity index (χ4n) is 1.31. The van der Waals surface area contributed by atoms with Crippen molar-refractivity contribution in [3.63, 3.8) is 0 Å². The molecule has 0 unspecified atom stereocenters. The van der Waals surface area contributed by atoms with Crippen LogP contribution in [0, 0.1) is 0 Å². The van der Waals surface area contributed by atoms with Gasteiger partial charge in [-0.05, 0) is 6.42 Å². The summed E-state index contributed by atoms with van der Waals surface area (Å²) >= 11 is 0. The van der Waals surface area contributed by atoms with Crippen LogP contribution in [0.3, 0.4) is 0 Å². The van der Waals surface area contributed by atoms with Crippen molar-refractivity contribution in [3.8, 4) is 0 Å². The molecule has 1 rings (SSSR count). The van der Waals surface area contributed by atoms with Crippen molar-refractivity contribution in [1.29, 1.82) is 0 Å². The molecule has 0 spiro atoms. The highest BCUT2D eigenvalue weighted by Gasteiger charge is 2.21. The third-order valence-corrected chi connectivity index (χ3v) is 2.01. The fourth-order valence-corrected chi connectivity index (χ4v) is 1.31. The molecular formula is C9H15NO. The summed E-state index contributed by atoms with van der Waals surface area (Å²) in [5, 5.41) is 3.93. The van der Waals surface area contributed by atoms with Crippen molar-refractivity contribution in [1.82, 2.24) is 5.16 Å². The predicted octanol–water partition coefficient (Wildman–Crippen LogP) is 2.75. The first-order valence-corrected chi connectivity index (χ1v) is 4.07. The standard InChI is InChI=1S/C9H15NO/c1-4-6-9(2,3)8-5-7-11-10-8/h5,7H,4,6H2,1-3H3. The van der Waals surface area contributed by atoms with Gasteiger partial charge in [-0.2, -0.15) is 0 Å². The first kappa shape index (κ1) is 8.31. The molecule has 1 aromatic heterocycles. The molecule has 11 heavy (non-hydrogen) atoms. The number of aromatic nitrogens is 1. The summed E-state index contributed by atoms with van der Waals surface area (Å²) in [6, 6.07) is 1.94. The Morgan fingerprint density at radius 1 is 1.55 bits per heavy atom. The normalized spacial score (nSPS) is 11.9. The molecule has 0 bridgehead atoms. The summed E-state index contributed by atoms with van der Waals surface area (Å²) in [6.07, 6.45) is 3.96. The molecule has 0 aliphatic rings. The Labute approximate surface area is 67.6 Å². The van der Waals surface area contributed by atoms with Gasteiger partial charge in [0.2, 0.25) is 0 Å². The van der Waals surface area contributed by atoms with Crippen LogP contribution in [0.5, 0.6) is 0 Å². The molecule has 1 aromatic rings. The molecular weight excluding hydrogens is 138 g/mol. The Hall–Kier alpha value is -0.790. The van der Waals surface area contributed by atoms with E-state index in [0.29, 0.717) is 0 Å². The average molecular weight is 153 g/mol. The second-order valence-electron chi connectivity index (χ2n) is 3.52. The lowest BCUT2D eigenvalue weighted by atomic mass is 9.85. The van der Waals surface area contributed by atoms with Gasteiger partial charge >= 0.3 is 0 Å². The molecule has 0 fully saturated rings. The van der Waals surface area contributed by atoms with E-state index in [-0.39, 0.29) is 5.41 Å². The summed E-state index contributed by atoms with van der Waals surface area (Å²) in [4.78, 5) is 0. The van der Waals surface area contributed by atoms with Crippen molar-refractivity contribution >= 4 is 0 Å². The molecule has 0 atom stereocenters. The van der Waals surface area contributed by atoms with Gasteiger partial charge < -0.3 is 4.52 Å². The lowest BCUT2D eigenvalue weighted by Gasteiger charge is -2.19. The molecule has 0 aliphatic carbocycles. The summed E-state index contributed by atoms with van der Waals surface area (Å²) in [6.45, 7) is 6.56. The van der Waals surface area contributed by atoms with E-state index >= 15 is 0 Å². The molecule has 1 heterocycles. The summed E-state index contributed by atoms with van der Waals surface area (Å²) in [5.74, 6) is 0. The van der Waals surface area contributed by atoms with E-state index in [1.807, 2.05) is 6.07 Å². The fraction of sp³-hybridized carbons (Fsp3) is 0.667. The highest BCUT2D eigenvalue weighted by molar-refractivity contribution is 5.09. The van der Waals surface area contributed by atoms with Gasteiger partial charge in [-0.25, -0.2) is 0 Å². The molecule has 0 amide bonds. The zero-order valence-electron chi connectivity index (χ0n) is 7.42. The van der Waals surface area contributed by atoms with Gasteiger partial charge in [-0.3, -0.25) is 0 Å². The molecule has 0 saturated carbocycles. The molecule has 0 saturated heterocycles.